The maximum absolute atomic E-state index is 11.1. The summed E-state index contributed by atoms with van der Waals surface area (Å²) in [6, 6.07) is 5.42. The summed E-state index contributed by atoms with van der Waals surface area (Å²) in [6.45, 7) is 1.85. The number of nitrogens with zero attached hydrogens (tertiary/aromatic N) is 1. The molecular formula is C13H16N2O3. The normalized spacial score (nSPS) is 14.3. The van der Waals surface area contributed by atoms with Crippen molar-refractivity contribution in [1.82, 2.24) is 0 Å². The molecule has 0 saturated heterocycles. The van der Waals surface area contributed by atoms with Crippen molar-refractivity contribution in [2.24, 2.45) is 5.73 Å². The number of benzene rings is 1. The van der Waals surface area contributed by atoms with Gasteiger partial charge in [-0.15, -0.1) is 0 Å². The molecule has 1 aromatic rings. The molecule has 1 aliphatic carbocycles. The van der Waals surface area contributed by atoms with Crippen LogP contribution in [0.15, 0.2) is 18.2 Å². The van der Waals surface area contributed by atoms with E-state index in [2.05, 4.69) is 0 Å². The number of aliphatic carboxylic acids is 1. The van der Waals surface area contributed by atoms with Crippen LogP contribution in [0.2, 0.25) is 0 Å². The topological polar surface area (TPSA) is 83.6 Å². The smallest absolute Gasteiger partial charge is 0.323 e. The van der Waals surface area contributed by atoms with Crippen molar-refractivity contribution < 1.29 is 14.7 Å². The minimum absolute atomic E-state index is 0.0125. The highest BCUT2D eigenvalue weighted by molar-refractivity contribution is 5.93. The van der Waals surface area contributed by atoms with Crippen LogP contribution in [0.1, 0.15) is 28.8 Å². The molecular weight excluding hydrogens is 232 g/mol. The lowest BCUT2D eigenvalue weighted by Crippen LogP contribution is -2.32. The van der Waals surface area contributed by atoms with E-state index in [9.17, 15) is 9.59 Å². The number of carbonyl (C=O) groups is 2. The number of carboxylic acid groups (broad SMARTS) is 1. The molecule has 0 aliphatic heterocycles. The summed E-state index contributed by atoms with van der Waals surface area (Å²) in [6.07, 6.45) is 2.04. The summed E-state index contributed by atoms with van der Waals surface area (Å²) in [5.41, 5.74) is 7.40. The fourth-order valence-electron chi connectivity index (χ4n) is 2.07. The lowest BCUT2D eigenvalue weighted by molar-refractivity contribution is -0.135. The molecule has 1 aromatic carbocycles. The molecule has 5 heteroatoms. The van der Waals surface area contributed by atoms with Crippen molar-refractivity contribution in [2.75, 3.05) is 11.4 Å². The van der Waals surface area contributed by atoms with E-state index in [0.717, 1.165) is 24.1 Å². The first-order valence-electron chi connectivity index (χ1n) is 5.88. The summed E-state index contributed by atoms with van der Waals surface area (Å²) < 4.78 is 0. The van der Waals surface area contributed by atoms with Crippen molar-refractivity contribution in [3.8, 4) is 0 Å². The third-order valence-electron chi connectivity index (χ3n) is 3.08. The van der Waals surface area contributed by atoms with Crippen molar-refractivity contribution in [1.29, 1.82) is 0 Å². The first-order chi connectivity index (χ1) is 8.49. The average Bonchev–Trinajstić information content (AvgIpc) is 3.09. The van der Waals surface area contributed by atoms with Crippen molar-refractivity contribution >= 4 is 17.6 Å². The highest BCUT2D eigenvalue weighted by Crippen LogP contribution is 2.33. The van der Waals surface area contributed by atoms with Gasteiger partial charge >= 0.3 is 5.97 Å². The summed E-state index contributed by atoms with van der Waals surface area (Å²) >= 11 is 0. The van der Waals surface area contributed by atoms with Gasteiger partial charge in [-0.05, 0) is 43.5 Å². The number of carbonyl (C=O) groups excluding carboxylic acids is 1. The van der Waals surface area contributed by atoms with Crippen molar-refractivity contribution in [3.63, 3.8) is 0 Å². The van der Waals surface area contributed by atoms with Gasteiger partial charge in [0.25, 0.3) is 0 Å². The minimum Gasteiger partial charge on any atom is -0.480 e. The van der Waals surface area contributed by atoms with Gasteiger partial charge in [0.1, 0.15) is 6.54 Å². The van der Waals surface area contributed by atoms with Crippen LogP contribution in [0.3, 0.4) is 0 Å². The van der Waals surface area contributed by atoms with Gasteiger partial charge in [0.05, 0.1) is 0 Å². The molecule has 3 N–H and O–H groups in total. The van der Waals surface area contributed by atoms with Crippen LogP contribution < -0.4 is 10.6 Å². The zero-order valence-corrected chi connectivity index (χ0v) is 10.2. The van der Waals surface area contributed by atoms with Gasteiger partial charge < -0.3 is 15.7 Å². The molecule has 5 nitrogen and oxygen atoms in total. The van der Waals surface area contributed by atoms with Crippen LogP contribution in [0.5, 0.6) is 0 Å². The second-order valence-electron chi connectivity index (χ2n) is 4.62. The Kier molecular flexibility index (Phi) is 3.23. The fourth-order valence-corrected chi connectivity index (χ4v) is 2.07. The van der Waals surface area contributed by atoms with E-state index >= 15 is 0 Å². The standard InChI is InChI=1S/C13H16N2O3/c1-8-6-9(13(14)18)2-5-11(8)15(7-12(16)17)10-3-4-10/h2,5-6,10H,3-4,7H2,1H3,(H2,14,18)(H,16,17). The third kappa shape index (κ3) is 2.61. The van der Waals surface area contributed by atoms with Gasteiger partial charge in [-0.2, -0.15) is 0 Å². The Morgan fingerprint density at radius 2 is 2.11 bits per heavy atom. The number of nitrogens with two attached hydrogens (primary N) is 1. The first kappa shape index (κ1) is 12.4. The predicted molar refractivity (Wildman–Crippen MR) is 67.7 cm³/mol. The summed E-state index contributed by atoms with van der Waals surface area (Å²) in [5, 5.41) is 8.94. The van der Waals surface area contributed by atoms with Gasteiger partial charge in [0, 0.05) is 17.3 Å². The van der Waals surface area contributed by atoms with E-state index in [1.165, 1.54) is 0 Å². The van der Waals surface area contributed by atoms with Crippen molar-refractivity contribution in [3.05, 3.63) is 29.3 Å². The van der Waals surface area contributed by atoms with Crippen molar-refractivity contribution in [2.45, 2.75) is 25.8 Å². The number of hydrogen-bond acceptors (Lipinski definition) is 3. The minimum atomic E-state index is -0.847. The van der Waals surface area contributed by atoms with Crippen LogP contribution in [0.25, 0.3) is 0 Å². The molecule has 18 heavy (non-hydrogen) atoms. The molecule has 0 unspecified atom stereocenters. The fraction of sp³-hybridized carbons (Fsp3) is 0.385. The summed E-state index contributed by atoms with van der Waals surface area (Å²) in [4.78, 5) is 23.8. The molecule has 2 rings (SSSR count). The van der Waals surface area contributed by atoms with E-state index < -0.39 is 11.9 Å². The molecule has 96 valence electrons. The van der Waals surface area contributed by atoms with Crippen LogP contribution in [0.4, 0.5) is 5.69 Å². The first-order valence-corrected chi connectivity index (χ1v) is 5.88. The molecule has 0 heterocycles. The van der Waals surface area contributed by atoms with Gasteiger partial charge in [-0.25, -0.2) is 0 Å². The SMILES string of the molecule is Cc1cc(C(N)=O)ccc1N(CC(=O)O)C1CC1. The molecule has 0 aromatic heterocycles. The summed E-state index contributed by atoms with van der Waals surface area (Å²) in [7, 11) is 0. The monoisotopic (exact) mass is 248 g/mol. The number of amides is 1. The maximum Gasteiger partial charge on any atom is 0.323 e. The van der Waals surface area contributed by atoms with E-state index in [0.29, 0.717) is 11.6 Å². The second kappa shape index (κ2) is 4.68. The van der Waals surface area contributed by atoms with E-state index in [1.807, 2.05) is 11.8 Å². The molecule has 0 spiro atoms. The van der Waals surface area contributed by atoms with Gasteiger partial charge in [0.2, 0.25) is 5.91 Å². The van der Waals surface area contributed by atoms with Crippen LogP contribution in [-0.4, -0.2) is 29.6 Å². The molecule has 1 aliphatic rings. The lowest BCUT2D eigenvalue weighted by Gasteiger charge is -2.24. The Morgan fingerprint density at radius 3 is 2.56 bits per heavy atom. The Labute approximate surface area is 105 Å². The van der Waals surface area contributed by atoms with Gasteiger partial charge in [-0.3, -0.25) is 9.59 Å². The number of hydrogen-bond donors (Lipinski definition) is 2. The Morgan fingerprint density at radius 1 is 1.44 bits per heavy atom. The predicted octanol–water partition coefficient (Wildman–Crippen LogP) is 1.15. The lowest BCUT2D eigenvalue weighted by atomic mass is 10.1. The largest absolute Gasteiger partial charge is 0.480 e. The molecule has 0 atom stereocenters. The average molecular weight is 248 g/mol. The van der Waals surface area contributed by atoms with E-state index in [1.54, 1.807) is 18.2 Å². The number of anilines is 1. The highest BCUT2D eigenvalue weighted by Gasteiger charge is 2.31. The van der Waals surface area contributed by atoms with Crippen LogP contribution in [-0.2, 0) is 4.79 Å². The number of carboxylic acids is 1. The van der Waals surface area contributed by atoms with Crippen LogP contribution in [0, 0.1) is 6.92 Å². The molecule has 0 bridgehead atoms. The van der Waals surface area contributed by atoms with Gasteiger partial charge in [-0.1, -0.05) is 0 Å². The van der Waals surface area contributed by atoms with Crippen LogP contribution >= 0.6 is 0 Å². The number of primary amides is 1. The second-order valence-corrected chi connectivity index (χ2v) is 4.62. The Hall–Kier alpha value is -2.04. The Balaban J connectivity index is 2.30. The Bertz CT molecular complexity index is 495. The third-order valence-corrected chi connectivity index (χ3v) is 3.08. The van der Waals surface area contributed by atoms with E-state index in [4.69, 9.17) is 10.8 Å². The van der Waals surface area contributed by atoms with Gasteiger partial charge in [0.15, 0.2) is 0 Å². The molecule has 0 radical (unpaired) electrons. The highest BCUT2D eigenvalue weighted by atomic mass is 16.4. The number of aryl methyl sites for hydroxylation is 1. The maximum atomic E-state index is 11.1. The quantitative estimate of drug-likeness (QED) is 0.818. The zero-order chi connectivity index (χ0) is 13.3. The number of rotatable bonds is 5. The zero-order valence-electron chi connectivity index (χ0n) is 10.2. The van der Waals surface area contributed by atoms with E-state index in [-0.39, 0.29) is 6.54 Å². The summed E-state index contributed by atoms with van der Waals surface area (Å²) in [5.74, 6) is -1.32. The molecule has 1 saturated carbocycles. The molecule has 1 fully saturated rings. The molecule has 1 amide bonds.